The van der Waals surface area contributed by atoms with Gasteiger partial charge in [-0.1, -0.05) is 11.6 Å². The van der Waals surface area contributed by atoms with E-state index in [1.807, 2.05) is 0 Å². The second-order valence-corrected chi connectivity index (χ2v) is 3.90. The van der Waals surface area contributed by atoms with Crippen LogP contribution in [0.1, 0.15) is 12.0 Å². The Bertz CT molecular complexity index is 502. The first-order valence-corrected chi connectivity index (χ1v) is 5.35. The van der Waals surface area contributed by atoms with Gasteiger partial charge in [-0.15, -0.1) is 0 Å². The summed E-state index contributed by atoms with van der Waals surface area (Å²) in [6, 6.07) is 2.48. The van der Waals surface area contributed by atoms with Crippen molar-refractivity contribution >= 4 is 29.2 Å². The summed E-state index contributed by atoms with van der Waals surface area (Å²) in [5.74, 6) is -1.49. The minimum atomic E-state index is -4.52. The van der Waals surface area contributed by atoms with Crippen molar-refractivity contribution in [3.8, 4) is 0 Å². The molecule has 0 aliphatic heterocycles. The van der Waals surface area contributed by atoms with Crippen molar-refractivity contribution in [1.29, 1.82) is 0 Å². The summed E-state index contributed by atoms with van der Waals surface area (Å²) >= 11 is 5.62. The SMILES string of the molecule is COC(=O)CC(=O)Nc1ccc(C(F)(F)F)cc1Cl. The second-order valence-electron chi connectivity index (χ2n) is 3.49. The number of anilines is 1. The van der Waals surface area contributed by atoms with Gasteiger partial charge in [0.2, 0.25) is 5.91 Å². The van der Waals surface area contributed by atoms with Crippen molar-refractivity contribution in [3.05, 3.63) is 28.8 Å². The van der Waals surface area contributed by atoms with Crippen molar-refractivity contribution < 1.29 is 27.5 Å². The molecule has 0 saturated heterocycles. The van der Waals surface area contributed by atoms with E-state index in [1.165, 1.54) is 0 Å². The standard InChI is InChI=1S/C11H9ClF3NO3/c1-19-10(18)5-9(17)16-8-3-2-6(4-7(8)12)11(13,14)15/h2-4H,5H2,1H3,(H,16,17). The van der Waals surface area contributed by atoms with Gasteiger partial charge in [-0.3, -0.25) is 9.59 Å². The molecule has 0 aliphatic carbocycles. The molecule has 1 aromatic rings. The van der Waals surface area contributed by atoms with Gasteiger partial charge in [0.25, 0.3) is 0 Å². The highest BCUT2D eigenvalue weighted by Gasteiger charge is 2.31. The summed E-state index contributed by atoms with van der Waals surface area (Å²) in [4.78, 5) is 22.1. The zero-order valence-electron chi connectivity index (χ0n) is 9.68. The molecule has 8 heteroatoms. The highest BCUT2D eigenvalue weighted by atomic mass is 35.5. The van der Waals surface area contributed by atoms with Crippen molar-refractivity contribution in [2.75, 3.05) is 12.4 Å². The fourth-order valence-electron chi connectivity index (χ4n) is 1.19. The monoisotopic (exact) mass is 295 g/mol. The summed E-state index contributed by atoms with van der Waals surface area (Å²) in [7, 11) is 1.11. The lowest BCUT2D eigenvalue weighted by Gasteiger charge is -2.10. The Balaban J connectivity index is 2.81. The summed E-state index contributed by atoms with van der Waals surface area (Å²) in [6.45, 7) is 0. The first-order chi connectivity index (χ1) is 8.74. The van der Waals surface area contributed by atoms with Gasteiger partial charge in [-0.05, 0) is 18.2 Å². The van der Waals surface area contributed by atoms with Crippen LogP contribution in [-0.4, -0.2) is 19.0 Å². The fourth-order valence-corrected chi connectivity index (χ4v) is 1.42. The largest absolute Gasteiger partial charge is 0.469 e. The third-order valence-electron chi connectivity index (χ3n) is 2.10. The number of carbonyl (C=O) groups is 2. The number of esters is 1. The highest BCUT2D eigenvalue weighted by molar-refractivity contribution is 6.33. The van der Waals surface area contributed by atoms with E-state index in [9.17, 15) is 22.8 Å². The second kappa shape index (κ2) is 5.92. The number of nitrogens with one attached hydrogen (secondary N) is 1. The number of benzene rings is 1. The van der Waals surface area contributed by atoms with Gasteiger partial charge >= 0.3 is 12.1 Å². The van der Waals surface area contributed by atoms with Crippen LogP contribution in [0.15, 0.2) is 18.2 Å². The minimum Gasteiger partial charge on any atom is -0.469 e. The molecular weight excluding hydrogens is 287 g/mol. The summed E-state index contributed by atoms with van der Waals surface area (Å²) in [5.41, 5.74) is -0.938. The molecule has 1 N–H and O–H groups in total. The average Bonchev–Trinajstić information content (AvgIpc) is 2.30. The van der Waals surface area contributed by atoms with Crippen LogP contribution in [0, 0.1) is 0 Å². The average molecular weight is 296 g/mol. The maximum Gasteiger partial charge on any atom is 0.416 e. The van der Waals surface area contributed by atoms with E-state index in [4.69, 9.17) is 11.6 Å². The molecule has 0 radical (unpaired) electrons. The molecule has 0 aromatic heterocycles. The van der Waals surface area contributed by atoms with E-state index >= 15 is 0 Å². The number of ether oxygens (including phenoxy) is 1. The maximum atomic E-state index is 12.4. The lowest BCUT2D eigenvalue weighted by atomic mass is 10.2. The van der Waals surface area contributed by atoms with Crippen LogP contribution in [0.2, 0.25) is 5.02 Å². The highest BCUT2D eigenvalue weighted by Crippen LogP contribution is 2.33. The van der Waals surface area contributed by atoms with Crippen molar-refractivity contribution in [2.24, 2.45) is 0 Å². The van der Waals surface area contributed by atoms with Gasteiger partial charge in [-0.25, -0.2) is 0 Å². The van der Waals surface area contributed by atoms with Gasteiger partial charge in [0.15, 0.2) is 0 Å². The molecule has 0 aliphatic rings. The lowest BCUT2D eigenvalue weighted by molar-refractivity contribution is -0.143. The number of alkyl halides is 3. The van der Waals surface area contributed by atoms with Gasteiger partial charge in [0, 0.05) is 0 Å². The van der Waals surface area contributed by atoms with Crippen LogP contribution in [-0.2, 0) is 20.5 Å². The number of amides is 1. The van der Waals surface area contributed by atoms with Crippen LogP contribution in [0.4, 0.5) is 18.9 Å². The van der Waals surface area contributed by atoms with E-state index in [0.29, 0.717) is 6.07 Å². The predicted octanol–water partition coefficient (Wildman–Crippen LogP) is 2.86. The first kappa shape index (κ1) is 15.3. The Labute approximate surface area is 111 Å². The Morgan fingerprint density at radius 1 is 1.37 bits per heavy atom. The molecule has 1 amide bonds. The van der Waals surface area contributed by atoms with E-state index in [2.05, 4.69) is 10.1 Å². The molecule has 0 bridgehead atoms. The topological polar surface area (TPSA) is 55.4 Å². The summed E-state index contributed by atoms with van der Waals surface area (Å²) < 4.78 is 41.4. The Kier molecular flexibility index (Phi) is 4.77. The Morgan fingerprint density at radius 2 is 2.00 bits per heavy atom. The molecule has 0 atom stereocenters. The summed E-state index contributed by atoms with van der Waals surface area (Å²) in [6.07, 6.45) is -5.06. The third-order valence-corrected chi connectivity index (χ3v) is 2.42. The molecule has 0 fully saturated rings. The molecule has 0 heterocycles. The number of methoxy groups -OCH3 is 1. The van der Waals surface area contributed by atoms with E-state index in [-0.39, 0.29) is 10.7 Å². The molecule has 1 rings (SSSR count). The molecule has 0 saturated carbocycles. The van der Waals surface area contributed by atoms with Crippen LogP contribution in [0.3, 0.4) is 0 Å². The zero-order valence-corrected chi connectivity index (χ0v) is 10.4. The number of carbonyl (C=O) groups excluding carboxylic acids is 2. The van der Waals surface area contributed by atoms with Crippen molar-refractivity contribution in [2.45, 2.75) is 12.6 Å². The smallest absolute Gasteiger partial charge is 0.416 e. The molecule has 4 nitrogen and oxygen atoms in total. The van der Waals surface area contributed by atoms with Crippen LogP contribution >= 0.6 is 11.6 Å². The van der Waals surface area contributed by atoms with Crippen LogP contribution in [0.25, 0.3) is 0 Å². The quantitative estimate of drug-likeness (QED) is 0.689. The summed E-state index contributed by atoms with van der Waals surface area (Å²) in [5, 5.41) is 1.94. The van der Waals surface area contributed by atoms with E-state index < -0.39 is 30.0 Å². The lowest BCUT2D eigenvalue weighted by Crippen LogP contribution is -2.17. The molecule has 0 spiro atoms. The first-order valence-electron chi connectivity index (χ1n) is 4.97. The molecular formula is C11H9ClF3NO3. The number of halogens is 4. The minimum absolute atomic E-state index is 0.0106. The predicted molar refractivity (Wildman–Crippen MR) is 61.7 cm³/mol. The number of hydrogen-bond acceptors (Lipinski definition) is 3. The zero-order chi connectivity index (χ0) is 14.6. The number of rotatable bonds is 3. The molecule has 19 heavy (non-hydrogen) atoms. The fraction of sp³-hybridized carbons (Fsp3) is 0.273. The third kappa shape index (κ3) is 4.44. The van der Waals surface area contributed by atoms with Gasteiger partial charge in [0.1, 0.15) is 6.42 Å². The Morgan fingerprint density at radius 3 is 2.47 bits per heavy atom. The van der Waals surface area contributed by atoms with E-state index in [1.54, 1.807) is 0 Å². The van der Waals surface area contributed by atoms with Crippen LogP contribution < -0.4 is 5.32 Å². The van der Waals surface area contributed by atoms with Crippen molar-refractivity contribution in [3.63, 3.8) is 0 Å². The van der Waals surface area contributed by atoms with Gasteiger partial charge in [0.05, 0.1) is 23.4 Å². The normalized spacial score (nSPS) is 11.0. The maximum absolute atomic E-state index is 12.4. The van der Waals surface area contributed by atoms with E-state index in [0.717, 1.165) is 19.2 Å². The molecule has 0 unspecified atom stereocenters. The Hall–Kier alpha value is -1.76. The van der Waals surface area contributed by atoms with Crippen LogP contribution in [0.5, 0.6) is 0 Å². The number of hydrogen-bond donors (Lipinski definition) is 1. The molecule has 104 valence electrons. The van der Waals surface area contributed by atoms with Gasteiger partial charge in [-0.2, -0.15) is 13.2 Å². The molecule has 1 aromatic carbocycles. The van der Waals surface area contributed by atoms with Gasteiger partial charge < -0.3 is 10.1 Å². The van der Waals surface area contributed by atoms with Crippen molar-refractivity contribution in [1.82, 2.24) is 0 Å².